The van der Waals surface area contributed by atoms with Crippen molar-refractivity contribution in [2.45, 2.75) is 6.42 Å². The summed E-state index contributed by atoms with van der Waals surface area (Å²) in [7, 11) is 1.63. The monoisotopic (exact) mass is 304 g/mol. The first-order valence-electron chi connectivity index (χ1n) is 6.75. The molecule has 1 aliphatic rings. The predicted molar refractivity (Wildman–Crippen MR) is 81.7 cm³/mol. The van der Waals surface area contributed by atoms with Gasteiger partial charge in [0.15, 0.2) is 5.13 Å². The van der Waals surface area contributed by atoms with Crippen LogP contribution >= 0.6 is 11.3 Å². The van der Waals surface area contributed by atoms with E-state index >= 15 is 0 Å². The van der Waals surface area contributed by atoms with E-state index in [-0.39, 0.29) is 11.8 Å². The van der Waals surface area contributed by atoms with E-state index in [9.17, 15) is 4.79 Å². The highest BCUT2D eigenvalue weighted by Gasteiger charge is 2.24. The summed E-state index contributed by atoms with van der Waals surface area (Å²) in [6.07, 6.45) is 0.774. The number of hydrogen-bond acceptors (Lipinski definition) is 5. The molecule has 1 aromatic carbocycles. The van der Waals surface area contributed by atoms with Crippen LogP contribution in [0.25, 0.3) is 11.3 Å². The number of carbonyl (C=O) groups excluding carboxylic acids is 1. The number of nitrogens with one attached hydrogen (secondary N) is 1. The Balaban J connectivity index is 1.75. The molecule has 6 heteroatoms. The largest absolute Gasteiger partial charge is 0.496 e. The second kappa shape index (κ2) is 6.24. The van der Waals surface area contributed by atoms with Gasteiger partial charge >= 0.3 is 0 Å². The molecule has 0 saturated carbocycles. The average molecular weight is 304 g/mol. The summed E-state index contributed by atoms with van der Waals surface area (Å²) in [4.78, 5) is 16.5. The van der Waals surface area contributed by atoms with Gasteiger partial charge in [-0.25, -0.2) is 4.98 Å². The molecule has 1 aromatic heterocycles. The van der Waals surface area contributed by atoms with Crippen LogP contribution in [0.1, 0.15) is 6.42 Å². The van der Waals surface area contributed by atoms with Crippen LogP contribution < -0.4 is 10.1 Å². The number of rotatable bonds is 4. The molecule has 1 aliphatic heterocycles. The molecule has 2 aromatic rings. The summed E-state index contributed by atoms with van der Waals surface area (Å²) in [5, 5.41) is 5.38. The van der Waals surface area contributed by atoms with Crippen LogP contribution in [0, 0.1) is 5.92 Å². The zero-order chi connectivity index (χ0) is 14.7. The molecule has 1 amide bonds. The third kappa shape index (κ3) is 3.06. The molecule has 5 nitrogen and oxygen atoms in total. The molecule has 1 saturated heterocycles. The van der Waals surface area contributed by atoms with Crippen molar-refractivity contribution >= 4 is 22.4 Å². The minimum absolute atomic E-state index is 0.0200. The Hall–Kier alpha value is -1.92. The fraction of sp³-hybridized carbons (Fsp3) is 0.333. The van der Waals surface area contributed by atoms with Gasteiger partial charge in [0.1, 0.15) is 5.75 Å². The number of amides is 1. The summed E-state index contributed by atoms with van der Waals surface area (Å²) >= 11 is 1.41. The standard InChI is InChI=1S/C15H16N2O3S/c1-19-13-5-3-2-4-11(13)12-9-21-15(16-12)17-14(18)10-6-7-20-8-10/h2-5,9-10H,6-8H2,1H3,(H,16,17,18). The highest BCUT2D eigenvalue weighted by molar-refractivity contribution is 7.14. The van der Waals surface area contributed by atoms with Crippen molar-refractivity contribution in [2.75, 3.05) is 25.6 Å². The van der Waals surface area contributed by atoms with Gasteiger partial charge in [-0.15, -0.1) is 11.3 Å². The molecule has 0 bridgehead atoms. The molecule has 1 atom stereocenters. The van der Waals surface area contributed by atoms with E-state index in [1.807, 2.05) is 29.6 Å². The van der Waals surface area contributed by atoms with Crippen LogP contribution in [-0.2, 0) is 9.53 Å². The minimum atomic E-state index is -0.0661. The summed E-state index contributed by atoms with van der Waals surface area (Å²) in [6, 6.07) is 7.69. The Morgan fingerprint density at radius 2 is 2.33 bits per heavy atom. The normalized spacial score (nSPS) is 17.7. The summed E-state index contributed by atoms with van der Waals surface area (Å²) in [6.45, 7) is 1.15. The van der Waals surface area contributed by atoms with Crippen LogP contribution in [0.5, 0.6) is 5.75 Å². The van der Waals surface area contributed by atoms with Crippen molar-refractivity contribution < 1.29 is 14.3 Å². The van der Waals surface area contributed by atoms with Crippen LogP contribution in [0.4, 0.5) is 5.13 Å². The van der Waals surface area contributed by atoms with Gasteiger partial charge in [-0.1, -0.05) is 12.1 Å². The molecule has 1 unspecified atom stereocenters. The lowest BCUT2D eigenvalue weighted by Gasteiger charge is -2.06. The minimum Gasteiger partial charge on any atom is -0.496 e. The Labute approximate surface area is 126 Å². The molecule has 0 spiro atoms. The molecule has 2 heterocycles. The number of hydrogen-bond donors (Lipinski definition) is 1. The first kappa shape index (κ1) is 14.0. The molecular weight excluding hydrogens is 288 g/mol. The topological polar surface area (TPSA) is 60.5 Å². The number of thiazole rings is 1. The van der Waals surface area contributed by atoms with Crippen LogP contribution in [0.3, 0.4) is 0 Å². The number of nitrogens with zero attached hydrogens (tertiary/aromatic N) is 1. The molecular formula is C15H16N2O3S. The van der Waals surface area contributed by atoms with Crippen molar-refractivity contribution in [3.05, 3.63) is 29.6 Å². The number of para-hydroxylation sites is 1. The number of ether oxygens (including phenoxy) is 2. The maximum absolute atomic E-state index is 12.0. The molecule has 0 aliphatic carbocycles. The second-order valence-electron chi connectivity index (χ2n) is 4.79. The van der Waals surface area contributed by atoms with Gasteiger partial charge in [-0.05, 0) is 18.6 Å². The van der Waals surface area contributed by atoms with Crippen molar-refractivity contribution in [2.24, 2.45) is 5.92 Å². The highest BCUT2D eigenvalue weighted by Crippen LogP contribution is 2.32. The van der Waals surface area contributed by atoms with Gasteiger partial charge < -0.3 is 14.8 Å². The lowest BCUT2D eigenvalue weighted by molar-refractivity contribution is -0.119. The number of carbonyl (C=O) groups is 1. The van der Waals surface area contributed by atoms with Gasteiger partial charge in [-0.3, -0.25) is 4.79 Å². The van der Waals surface area contributed by atoms with Gasteiger partial charge in [0, 0.05) is 17.6 Å². The van der Waals surface area contributed by atoms with Gasteiger partial charge in [0.25, 0.3) is 0 Å². The lowest BCUT2D eigenvalue weighted by atomic mass is 10.1. The Morgan fingerprint density at radius 3 is 3.10 bits per heavy atom. The fourth-order valence-corrected chi connectivity index (χ4v) is 2.97. The maximum atomic E-state index is 12.0. The molecule has 1 N–H and O–H groups in total. The third-order valence-corrected chi connectivity index (χ3v) is 4.18. The van der Waals surface area contributed by atoms with E-state index in [0.717, 1.165) is 23.4 Å². The van der Waals surface area contributed by atoms with Crippen LogP contribution in [0.15, 0.2) is 29.6 Å². The molecule has 21 heavy (non-hydrogen) atoms. The van der Waals surface area contributed by atoms with Gasteiger partial charge in [-0.2, -0.15) is 0 Å². The van der Waals surface area contributed by atoms with E-state index < -0.39 is 0 Å². The van der Waals surface area contributed by atoms with E-state index in [4.69, 9.17) is 9.47 Å². The third-order valence-electron chi connectivity index (χ3n) is 3.42. The van der Waals surface area contributed by atoms with E-state index in [1.54, 1.807) is 7.11 Å². The number of anilines is 1. The summed E-state index contributed by atoms with van der Waals surface area (Å²) < 4.78 is 10.6. The Morgan fingerprint density at radius 1 is 1.48 bits per heavy atom. The Bertz CT molecular complexity index is 635. The first-order valence-corrected chi connectivity index (χ1v) is 7.63. The van der Waals surface area contributed by atoms with Crippen molar-refractivity contribution in [3.63, 3.8) is 0 Å². The number of methoxy groups -OCH3 is 1. The lowest BCUT2D eigenvalue weighted by Crippen LogP contribution is -2.22. The summed E-state index contributed by atoms with van der Waals surface area (Å²) in [5.41, 5.74) is 1.72. The highest BCUT2D eigenvalue weighted by atomic mass is 32.1. The quantitative estimate of drug-likeness (QED) is 0.943. The summed E-state index contributed by atoms with van der Waals surface area (Å²) in [5.74, 6) is 0.682. The van der Waals surface area contributed by atoms with E-state index in [0.29, 0.717) is 18.3 Å². The zero-order valence-corrected chi connectivity index (χ0v) is 12.5. The maximum Gasteiger partial charge on any atom is 0.231 e. The SMILES string of the molecule is COc1ccccc1-c1csc(NC(=O)C2CCOC2)n1. The first-order chi connectivity index (χ1) is 10.3. The molecule has 0 radical (unpaired) electrons. The predicted octanol–water partition coefficient (Wildman–Crippen LogP) is 2.79. The average Bonchev–Trinajstić information content (AvgIpc) is 3.18. The molecule has 3 rings (SSSR count). The van der Waals surface area contributed by atoms with Crippen molar-refractivity contribution in [1.29, 1.82) is 0 Å². The van der Waals surface area contributed by atoms with E-state index in [1.165, 1.54) is 11.3 Å². The van der Waals surface area contributed by atoms with E-state index in [2.05, 4.69) is 10.3 Å². The van der Waals surface area contributed by atoms with Gasteiger partial charge in [0.05, 0.1) is 25.3 Å². The van der Waals surface area contributed by atoms with Crippen molar-refractivity contribution in [3.8, 4) is 17.0 Å². The number of aromatic nitrogens is 1. The molecule has 1 fully saturated rings. The van der Waals surface area contributed by atoms with Crippen LogP contribution in [-0.4, -0.2) is 31.2 Å². The second-order valence-corrected chi connectivity index (χ2v) is 5.65. The zero-order valence-electron chi connectivity index (χ0n) is 11.7. The fourth-order valence-electron chi connectivity index (χ4n) is 2.26. The smallest absolute Gasteiger partial charge is 0.231 e. The molecule has 110 valence electrons. The van der Waals surface area contributed by atoms with Crippen molar-refractivity contribution in [1.82, 2.24) is 4.98 Å². The van der Waals surface area contributed by atoms with Crippen LogP contribution in [0.2, 0.25) is 0 Å². The van der Waals surface area contributed by atoms with Gasteiger partial charge in [0.2, 0.25) is 5.91 Å². The number of benzene rings is 1. The Kier molecular flexibility index (Phi) is 4.17.